The third kappa shape index (κ3) is 8.67. The molecule has 0 aromatic heterocycles. The van der Waals surface area contributed by atoms with Gasteiger partial charge in [-0.05, 0) is 54.8 Å². The van der Waals surface area contributed by atoms with E-state index in [-0.39, 0.29) is 12.5 Å². The molecular weight excluding hydrogens is 400 g/mol. The third-order valence-electron chi connectivity index (χ3n) is 4.07. The standard InChI is InChI=1S/C22H26N4O5/c1-16-6-3-4-7-19(16)25-20(27)15-31-18-10-8-17(9-11-18)14-24-26-22(29)21(28)23-12-5-13-30-2/h3-4,6-11,14H,5,12-13,15H2,1-2H3,(H,23,28)(H,25,27)(H,26,29)/b24-14-. The zero-order valence-corrected chi connectivity index (χ0v) is 17.5. The Morgan fingerprint density at radius 2 is 1.77 bits per heavy atom. The molecule has 0 bridgehead atoms. The van der Waals surface area contributed by atoms with Crippen LogP contribution in [0.2, 0.25) is 0 Å². The highest BCUT2D eigenvalue weighted by Crippen LogP contribution is 2.14. The number of nitrogens with one attached hydrogen (secondary N) is 3. The van der Waals surface area contributed by atoms with Crippen molar-refractivity contribution in [1.82, 2.24) is 10.7 Å². The molecule has 0 unspecified atom stereocenters. The highest BCUT2D eigenvalue weighted by molar-refractivity contribution is 6.35. The Kier molecular flexibility index (Phi) is 9.70. The predicted molar refractivity (Wildman–Crippen MR) is 117 cm³/mol. The van der Waals surface area contributed by atoms with Crippen LogP contribution in [-0.2, 0) is 19.1 Å². The Hall–Kier alpha value is -3.72. The molecule has 9 heteroatoms. The highest BCUT2D eigenvalue weighted by atomic mass is 16.5. The lowest BCUT2D eigenvalue weighted by molar-refractivity contribution is -0.139. The van der Waals surface area contributed by atoms with Crippen molar-refractivity contribution in [2.45, 2.75) is 13.3 Å². The number of hydrazone groups is 1. The molecule has 0 aliphatic carbocycles. The average Bonchev–Trinajstić information content (AvgIpc) is 2.77. The number of carbonyl (C=O) groups excluding carboxylic acids is 3. The zero-order valence-electron chi connectivity index (χ0n) is 17.5. The Morgan fingerprint density at radius 1 is 1.03 bits per heavy atom. The van der Waals surface area contributed by atoms with Crippen LogP contribution in [0.1, 0.15) is 17.5 Å². The molecule has 9 nitrogen and oxygen atoms in total. The topological polar surface area (TPSA) is 118 Å². The van der Waals surface area contributed by atoms with Gasteiger partial charge in [-0.2, -0.15) is 5.10 Å². The summed E-state index contributed by atoms with van der Waals surface area (Å²) in [5, 5.41) is 9.01. The summed E-state index contributed by atoms with van der Waals surface area (Å²) in [6, 6.07) is 14.2. The van der Waals surface area contributed by atoms with E-state index in [1.807, 2.05) is 31.2 Å². The van der Waals surface area contributed by atoms with Crippen molar-refractivity contribution in [3.05, 3.63) is 59.7 Å². The molecule has 2 rings (SSSR count). The van der Waals surface area contributed by atoms with Gasteiger partial charge in [0.2, 0.25) is 0 Å². The van der Waals surface area contributed by atoms with E-state index in [0.29, 0.717) is 30.9 Å². The average molecular weight is 426 g/mol. The van der Waals surface area contributed by atoms with Crippen LogP contribution >= 0.6 is 0 Å². The number of amides is 3. The number of hydrogen-bond donors (Lipinski definition) is 3. The van der Waals surface area contributed by atoms with Crippen LogP contribution in [0, 0.1) is 6.92 Å². The van der Waals surface area contributed by atoms with Crippen molar-refractivity contribution in [3.8, 4) is 5.75 Å². The smallest absolute Gasteiger partial charge is 0.329 e. The molecule has 0 aliphatic rings. The molecule has 3 N–H and O–H groups in total. The first-order valence-electron chi connectivity index (χ1n) is 9.68. The maximum Gasteiger partial charge on any atom is 0.329 e. The molecule has 0 spiro atoms. The molecule has 2 aromatic carbocycles. The van der Waals surface area contributed by atoms with E-state index in [1.54, 1.807) is 31.4 Å². The molecule has 0 saturated heterocycles. The van der Waals surface area contributed by atoms with E-state index in [0.717, 1.165) is 11.3 Å². The van der Waals surface area contributed by atoms with Crippen molar-refractivity contribution < 1.29 is 23.9 Å². The van der Waals surface area contributed by atoms with Crippen LogP contribution in [-0.4, -0.2) is 50.8 Å². The minimum atomic E-state index is -0.853. The van der Waals surface area contributed by atoms with Gasteiger partial charge in [-0.15, -0.1) is 0 Å². The van der Waals surface area contributed by atoms with Crippen LogP contribution in [0.15, 0.2) is 53.6 Å². The molecule has 0 heterocycles. The Morgan fingerprint density at radius 3 is 2.48 bits per heavy atom. The van der Waals surface area contributed by atoms with E-state index >= 15 is 0 Å². The second-order valence-electron chi connectivity index (χ2n) is 6.52. The fourth-order valence-electron chi connectivity index (χ4n) is 2.41. The van der Waals surface area contributed by atoms with Crippen LogP contribution in [0.4, 0.5) is 5.69 Å². The van der Waals surface area contributed by atoms with Gasteiger partial charge in [0, 0.05) is 25.9 Å². The van der Waals surface area contributed by atoms with Gasteiger partial charge >= 0.3 is 11.8 Å². The van der Waals surface area contributed by atoms with Crippen molar-refractivity contribution in [1.29, 1.82) is 0 Å². The second-order valence-corrected chi connectivity index (χ2v) is 6.52. The maximum atomic E-state index is 12.0. The van der Waals surface area contributed by atoms with Crippen molar-refractivity contribution in [2.24, 2.45) is 5.10 Å². The number of ether oxygens (including phenoxy) is 2. The number of aryl methyl sites for hydroxylation is 1. The lowest BCUT2D eigenvalue weighted by Gasteiger charge is -2.09. The molecule has 31 heavy (non-hydrogen) atoms. The summed E-state index contributed by atoms with van der Waals surface area (Å²) in [5.74, 6) is -1.37. The third-order valence-corrected chi connectivity index (χ3v) is 4.07. The normalized spacial score (nSPS) is 10.5. The molecule has 0 radical (unpaired) electrons. The van der Waals surface area contributed by atoms with Gasteiger partial charge in [-0.25, -0.2) is 5.43 Å². The van der Waals surface area contributed by atoms with Crippen molar-refractivity contribution in [2.75, 3.05) is 32.2 Å². The Labute approximate surface area is 180 Å². The lowest BCUT2D eigenvalue weighted by Crippen LogP contribution is -2.38. The fraction of sp³-hybridized carbons (Fsp3) is 0.273. The number of methoxy groups -OCH3 is 1. The number of nitrogens with zero attached hydrogens (tertiary/aromatic N) is 1. The summed E-state index contributed by atoms with van der Waals surface area (Å²) >= 11 is 0. The van der Waals surface area contributed by atoms with Gasteiger partial charge in [-0.3, -0.25) is 14.4 Å². The number of carbonyl (C=O) groups is 3. The monoisotopic (exact) mass is 426 g/mol. The molecular formula is C22H26N4O5. The Balaban J connectivity index is 1.73. The fourth-order valence-corrected chi connectivity index (χ4v) is 2.41. The van der Waals surface area contributed by atoms with E-state index in [4.69, 9.17) is 9.47 Å². The van der Waals surface area contributed by atoms with E-state index < -0.39 is 11.8 Å². The summed E-state index contributed by atoms with van der Waals surface area (Å²) in [7, 11) is 1.56. The first-order valence-corrected chi connectivity index (χ1v) is 9.68. The second kappa shape index (κ2) is 12.8. The van der Waals surface area contributed by atoms with Gasteiger partial charge in [0.1, 0.15) is 5.75 Å². The first kappa shape index (κ1) is 23.6. The van der Waals surface area contributed by atoms with Crippen LogP contribution in [0.5, 0.6) is 5.75 Å². The lowest BCUT2D eigenvalue weighted by atomic mass is 10.2. The number of rotatable bonds is 10. The number of para-hydroxylation sites is 1. The summed E-state index contributed by atoms with van der Waals surface area (Å²) < 4.78 is 10.3. The molecule has 2 aromatic rings. The summed E-state index contributed by atoms with van der Waals surface area (Å²) in [4.78, 5) is 35.2. The van der Waals surface area contributed by atoms with Crippen LogP contribution < -0.4 is 20.8 Å². The van der Waals surface area contributed by atoms with E-state index in [1.165, 1.54) is 6.21 Å². The minimum Gasteiger partial charge on any atom is -0.484 e. The van der Waals surface area contributed by atoms with Crippen molar-refractivity contribution >= 4 is 29.6 Å². The maximum absolute atomic E-state index is 12.0. The first-order chi connectivity index (χ1) is 15.0. The zero-order chi connectivity index (χ0) is 22.5. The van der Waals surface area contributed by atoms with Crippen LogP contribution in [0.25, 0.3) is 0 Å². The van der Waals surface area contributed by atoms with Gasteiger partial charge in [0.15, 0.2) is 6.61 Å². The predicted octanol–water partition coefficient (Wildman–Crippen LogP) is 1.62. The van der Waals surface area contributed by atoms with Gasteiger partial charge in [0.05, 0.1) is 6.21 Å². The quantitative estimate of drug-likeness (QED) is 0.231. The molecule has 0 aliphatic heterocycles. The summed E-state index contributed by atoms with van der Waals surface area (Å²) in [5.41, 5.74) is 4.55. The molecule has 164 valence electrons. The van der Waals surface area contributed by atoms with Gasteiger partial charge < -0.3 is 20.1 Å². The van der Waals surface area contributed by atoms with Crippen LogP contribution in [0.3, 0.4) is 0 Å². The SMILES string of the molecule is COCCCNC(=O)C(=O)N/N=C\c1ccc(OCC(=O)Nc2ccccc2C)cc1. The molecule has 0 atom stereocenters. The Bertz CT molecular complexity index is 912. The molecule has 3 amide bonds. The minimum absolute atomic E-state index is 0.128. The van der Waals surface area contributed by atoms with Gasteiger partial charge in [-0.1, -0.05) is 18.2 Å². The molecule has 0 fully saturated rings. The summed E-state index contributed by atoms with van der Waals surface area (Å²) in [6.07, 6.45) is 2.01. The largest absolute Gasteiger partial charge is 0.484 e. The number of hydrogen-bond acceptors (Lipinski definition) is 6. The van der Waals surface area contributed by atoms with Crippen molar-refractivity contribution in [3.63, 3.8) is 0 Å². The van der Waals surface area contributed by atoms with E-state index in [9.17, 15) is 14.4 Å². The van der Waals surface area contributed by atoms with E-state index in [2.05, 4.69) is 21.2 Å². The summed E-state index contributed by atoms with van der Waals surface area (Å²) in [6.45, 7) is 2.62. The number of anilines is 1. The number of benzene rings is 2. The molecule has 0 saturated carbocycles. The highest BCUT2D eigenvalue weighted by Gasteiger charge is 2.11. The van der Waals surface area contributed by atoms with Gasteiger partial charge in [0.25, 0.3) is 5.91 Å².